The first kappa shape index (κ1) is 9.86. The molecular formula is C11H18P-. The zero-order chi connectivity index (χ0) is 8.81. The molecule has 1 aromatic carbocycles. The molecule has 0 aliphatic heterocycles. The van der Waals surface area contributed by atoms with E-state index in [0.717, 1.165) is 0 Å². The quantitative estimate of drug-likeness (QED) is 0.483. The molecule has 1 heteroatoms. The summed E-state index contributed by atoms with van der Waals surface area (Å²) in [6, 6.07) is 8.90. The Balaban J connectivity index is 2.53. The third-order valence-electron chi connectivity index (χ3n) is 2.00. The van der Waals surface area contributed by atoms with E-state index < -0.39 is 0 Å². The number of rotatable bonds is 5. The second-order valence-corrected chi connectivity index (χ2v) is 5.62. The molecule has 1 rings (SSSR count). The van der Waals surface area contributed by atoms with Crippen LogP contribution in [0.2, 0.25) is 0 Å². The van der Waals surface area contributed by atoms with Crippen LogP contribution in [-0.2, 0) is 0 Å². The van der Waals surface area contributed by atoms with Gasteiger partial charge in [0.15, 0.2) is 0 Å². The Morgan fingerprint density at radius 2 is 1.92 bits per heavy atom. The molecule has 0 heterocycles. The molecule has 0 aliphatic rings. The van der Waals surface area contributed by atoms with Crippen LogP contribution in [0, 0.1) is 0 Å². The molecular weight excluding hydrogens is 163 g/mol. The first-order valence-electron chi connectivity index (χ1n) is 4.85. The molecule has 0 aliphatic carbocycles. The number of hydrogen-bond acceptors (Lipinski definition) is 0. The minimum atomic E-state index is 0.181. The largest absolute Gasteiger partial charge is 0.206 e. The Kier molecular flexibility index (Phi) is 4.46. The van der Waals surface area contributed by atoms with E-state index in [0.29, 0.717) is 0 Å². The van der Waals surface area contributed by atoms with Crippen molar-refractivity contribution in [3.8, 4) is 0 Å². The summed E-state index contributed by atoms with van der Waals surface area (Å²) in [6.07, 6.45) is 5.48. The molecule has 0 bridgehead atoms. The van der Waals surface area contributed by atoms with E-state index >= 15 is 0 Å². The Morgan fingerprint density at radius 1 is 1.25 bits per heavy atom. The van der Waals surface area contributed by atoms with Crippen molar-refractivity contribution >= 4 is 13.2 Å². The van der Waals surface area contributed by atoms with Crippen molar-refractivity contribution in [2.75, 3.05) is 12.3 Å². The van der Waals surface area contributed by atoms with Gasteiger partial charge >= 0.3 is 0 Å². The van der Waals surface area contributed by atoms with Crippen molar-refractivity contribution in [1.29, 1.82) is 0 Å². The van der Waals surface area contributed by atoms with Gasteiger partial charge in [-0.15, -0.1) is 7.92 Å². The van der Waals surface area contributed by atoms with Gasteiger partial charge < -0.3 is 0 Å². The molecule has 0 atom stereocenters. The van der Waals surface area contributed by atoms with Gasteiger partial charge in [-0.05, 0) is 12.3 Å². The number of hydrogen-bond donors (Lipinski definition) is 0. The van der Waals surface area contributed by atoms with E-state index in [4.69, 9.17) is 0 Å². The van der Waals surface area contributed by atoms with E-state index in [1.807, 2.05) is 0 Å². The second kappa shape index (κ2) is 5.43. The minimum Gasteiger partial charge on any atom is -0.206 e. The average Bonchev–Trinajstić information content (AvgIpc) is 2.56. The zero-order valence-electron chi connectivity index (χ0n) is 8.09. The molecule has 0 unspecified atom stereocenters. The van der Waals surface area contributed by atoms with Crippen LogP contribution in [0.25, 0.3) is 0 Å². The van der Waals surface area contributed by atoms with Crippen LogP contribution in [0.3, 0.4) is 0 Å². The highest BCUT2D eigenvalue weighted by atomic mass is 31.1. The maximum Gasteiger partial charge on any atom is -0.0402 e. The van der Waals surface area contributed by atoms with E-state index in [9.17, 15) is 0 Å². The molecule has 0 fully saturated rings. The lowest BCUT2D eigenvalue weighted by Gasteiger charge is -2.20. The second-order valence-electron chi connectivity index (χ2n) is 3.13. The summed E-state index contributed by atoms with van der Waals surface area (Å²) in [5.41, 5.74) is 0. The summed E-state index contributed by atoms with van der Waals surface area (Å²) in [5, 5.41) is 1.61. The molecule has 0 saturated carbocycles. The first-order valence-corrected chi connectivity index (χ1v) is 6.56. The summed E-state index contributed by atoms with van der Waals surface area (Å²) in [6.45, 7) is 4.57. The predicted molar refractivity (Wildman–Crippen MR) is 58.9 cm³/mol. The Bertz CT molecular complexity index is 183. The van der Waals surface area contributed by atoms with Crippen molar-refractivity contribution in [2.45, 2.75) is 26.7 Å². The van der Waals surface area contributed by atoms with Crippen LogP contribution in [0.15, 0.2) is 24.3 Å². The summed E-state index contributed by atoms with van der Waals surface area (Å²) in [5.74, 6) is 0. The predicted octanol–water partition coefficient (Wildman–Crippen LogP) is 3.33. The Hall–Kier alpha value is -0.220. The highest BCUT2D eigenvalue weighted by Gasteiger charge is 2.01. The summed E-state index contributed by atoms with van der Waals surface area (Å²) < 4.78 is 0. The minimum absolute atomic E-state index is 0.181. The molecule has 0 spiro atoms. The van der Waals surface area contributed by atoms with Crippen LogP contribution in [-0.4, -0.2) is 12.3 Å². The molecule has 12 heavy (non-hydrogen) atoms. The SMILES string of the molecule is CCCP(CCC)c1cc[cH-]c1. The van der Waals surface area contributed by atoms with Gasteiger partial charge in [0.05, 0.1) is 0 Å². The van der Waals surface area contributed by atoms with Gasteiger partial charge in [-0.25, -0.2) is 6.07 Å². The first-order chi connectivity index (χ1) is 5.88. The fraction of sp³-hybridized carbons (Fsp3) is 0.545. The Labute approximate surface area is 77.1 Å². The molecule has 1 aromatic rings. The van der Waals surface area contributed by atoms with Crippen LogP contribution in [0.5, 0.6) is 0 Å². The normalized spacial score (nSPS) is 10.9. The third-order valence-corrected chi connectivity index (χ3v) is 5.00. The topological polar surface area (TPSA) is 0 Å². The summed E-state index contributed by atoms with van der Waals surface area (Å²) in [4.78, 5) is 0. The molecule has 0 amide bonds. The third kappa shape index (κ3) is 2.68. The van der Waals surface area contributed by atoms with Gasteiger partial charge in [0.2, 0.25) is 0 Å². The standard InChI is InChI=1S/C11H18P/c1-3-9-12(10-4-2)11-7-5-6-8-11/h5-8H,3-4,9-10H2,1-2H3/q-1. The van der Waals surface area contributed by atoms with Gasteiger partial charge in [-0.3, -0.25) is 0 Å². The molecule has 0 saturated heterocycles. The summed E-state index contributed by atoms with van der Waals surface area (Å²) in [7, 11) is 0.181. The van der Waals surface area contributed by atoms with Gasteiger partial charge in [-0.1, -0.05) is 26.7 Å². The van der Waals surface area contributed by atoms with Gasteiger partial charge in [0.1, 0.15) is 0 Å². The van der Waals surface area contributed by atoms with Crippen molar-refractivity contribution in [2.24, 2.45) is 0 Å². The maximum atomic E-state index is 2.29. The van der Waals surface area contributed by atoms with Gasteiger partial charge in [0, 0.05) is 0 Å². The van der Waals surface area contributed by atoms with Crippen molar-refractivity contribution in [3.63, 3.8) is 0 Å². The smallest absolute Gasteiger partial charge is 0.0402 e. The highest BCUT2D eigenvalue weighted by Crippen LogP contribution is 2.35. The molecule has 68 valence electrons. The Morgan fingerprint density at radius 3 is 2.33 bits per heavy atom. The van der Waals surface area contributed by atoms with Crippen molar-refractivity contribution in [1.82, 2.24) is 0 Å². The molecule has 0 radical (unpaired) electrons. The average molecular weight is 181 g/mol. The lowest BCUT2D eigenvalue weighted by Crippen LogP contribution is -2.02. The van der Waals surface area contributed by atoms with E-state index in [1.54, 1.807) is 5.30 Å². The van der Waals surface area contributed by atoms with E-state index in [-0.39, 0.29) is 7.92 Å². The van der Waals surface area contributed by atoms with Crippen LogP contribution in [0.1, 0.15) is 26.7 Å². The van der Waals surface area contributed by atoms with E-state index in [1.165, 1.54) is 25.2 Å². The maximum absolute atomic E-state index is 2.29. The zero-order valence-corrected chi connectivity index (χ0v) is 8.98. The lowest BCUT2D eigenvalue weighted by atomic mass is 10.6. The summed E-state index contributed by atoms with van der Waals surface area (Å²) >= 11 is 0. The lowest BCUT2D eigenvalue weighted by molar-refractivity contribution is 1.06. The van der Waals surface area contributed by atoms with Gasteiger partial charge in [-0.2, -0.15) is 23.5 Å². The van der Waals surface area contributed by atoms with E-state index in [2.05, 4.69) is 38.1 Å². The monoisotopic (exact) mass is 181 g/mol. The van der Waals surface area contributed by atoms with Crippen molar-refractivity contribution in [3.05, 3.63) is 24.3 Å². The van der Waals surface area contributed by atoms with Crippen molar-refractivity contribution < 1.29 is 0 Å². The highest BCUT2D eigenvalue weighted by molar-refractivity contribution is 7.65. The van der Waals surface area contributed by atoms with Crippen LogP contribution in [0.4, 0.5) is 0 Å². The molecule has 0 nitrogen and oxygen atoms in total. The molecule has 0 N–H and O–H groups in total. The fourth-order valence-electron chi connectivity index (χ4n) is 1.48. The van der Waals surface area contributed by atoms with Crippen LogP contribution >= 0.6 is 7.92 Å². The fourth-order valence-corrected chi connectivity index (χ4v) is 3.90. The van der Waals surface area contributed by atoms with Crippen LogP contribution < -0.4 is 5.30 Å². The molecule has 0 aromatic heterocycles. The van der Waals surface area contributed by atoms with Gasteiger partial charge in [0.25, 0.3) is 0 Å².